The van der Waals surface area contributed by atoms with Crippen LogP contribution in [-0.2, 0) is 6.18 Å². The summed E-state index contributed by atoms with van der Waals surface area (Å²) >= 11 is 0. The van der Waals surface area contributed by atoms with Crippen LogP contribution >= 0.6 is 0 Å². The minimum absolute atomic E-state index is 0.172. The number of nitro groups is 1. The van der Waals surface area contributed by atoms with Crippen LogP contribution < -0.4 is 0 Å². The van der Waals surface area contributed by atoms with Gasteiger partial charge in [-0.1, -0.05) is 6.07 Å². The predicted molar refractivity (Wildman–Crippen MR) is 43.5 cm³/mol. The summed E-state index contributed by atoms with van der Waals surface area (Å²) in [5, 5.41) is 10.3. The highest BCUT2D eigenvalue weighted by molar-refractivity contribution is 5.76. The van der Waals surface area contributed by atoms with E-state index in [1.807, 2.05) is 0 Å². The highest BCUT2D eigenvalue weighted by Gasteiger charge is 2.38. The molecule has 0 aromatic heterocycles. The molecule has 1 aromatic rings. The van der Waals surface area contributed by atoms with Crippen molar-refractivity contribution in [2.24, 2.45) is 0 Å². The minimum atomic E-state index is -4.80. The zero-order chi connectivity index (χ0) is 11.6. The zero-order valence-corrected chi connectivity index (χ0v) is 7.12. The molecule has 0 aliphatic heterocycles. The number of rotatable bonds is 2. The predicted octanol–water partition coefficient (Wildman–Crippen LogP) is 2.43. The van der Waals surface area contributed by atoms with E-state index in [9.17, 15) is 28.1 Å². The summed E-state index contributed by atoms with van der Waals surface area (Å²) in [6, 6.07) is 1.99. The molecule has 0 spiro atoms. The van der Waals surface area contributed by atoms with Gasteiger partial charge < -0.3 is 0 Å². The Kier molecular flexibility index (Phi) is 2.74. The van der Waals surface area contributed by atoms with E-state index in [4.69, 9.17) is 0 Å². The summed E-state index contributed by atoms with van der Waals surface area (Å²) in [4.78, 5) is 19.4. The lowest BCUT2D eigenvalue weighted by Gasteiger charge is -2.06. The van der Waals surface area contributed by atoms with Crippen molar-refractivity contribution in [3.63, 3.8) is 0 Å². The van der Waals surface area contributed by atoms with Gasteiger partial charge in [0.15, 0.2) is 0 Å². The van der Waals surface area contributed by atoms with Crippen molar-refractivity contribution in [2.45, 2.75) is 6.18 Å². The van der Waals surface area contributed by atoms with Crippen LogP contribution in [0, 0.1) is 10.1 Å². The van der Waals surface area contributed by atoms with Crippen molar-refractivity contribution in [3.05, 3.63) is 39.4 Å². The largest absolute Gasteiger partial charge is 0.422 e. The second kappa shape index (κ2) is 3.68. The summed E-state index contributed by atoms with van der Waals surface area (Å²) in [6.45, 7) is 0. The van der Waals surface area contributed by atoms with Crippen molar-refractivity contribution in [2.75, 3.05) is 0 Å². The van der Waals surface area contributed by atoms with Crippen LogP contribution in [-0.4, -0.2) is 11.2 Å². The molecule has 0 fully saturated rings. The van der Waals surface area contributed by atoms with Gasteiger partial charge >= 0.3 is 6.18 Å². The van der Waals surface area contributed by atoms with Gasteiger partial charge in [0.1, 0.15) is 11.8 Å². The van der Waals surface area contributed by atoms with Crippen LogP contribution in [0.25, 0.3) is 0 Å². The van der Waals surface area contributed by atoms with E-state index in [-0.39, 0.29) is 11.8 Å². The molecule has 0 atom stereocenters. The van der Waals surface area contributed by atoms with Crippen molar-refractivity contribution in [3.8, 4) is 0 Å². The van der Waals surface area contributed by atoms with E-state index in [0.29, 0.717) is 12.1 Å². The molecule has 0 saturated carbocycles. The summed E-state index contributed by atoms with van der Waals surface area (Å²) < 4.78 is 36.8. The smallest absolute Gasteiger partial charge is 0.298 e. The molecule has 1 aromatic carbocycles. The Morgan fingerprint density at radius 2 is 1.93 bits per heavy atom. The maximum Gasteiger partial charge on any atom is 0.422 e. The topological polar surface area (TPSA) is 60.2 Å². The first kappa shape index (κ1) is 11.2. The number of carbonyl (C=O) groups is 1. The van der Waals surface area contributed by atoms with Crippen LogP contribution in [0.3, 0.4) is 0 Å². The van der Waals surface area contributed by atoms with E-state index in [2.05, 4.69) is 0 Å². The molecule has 0 aliphatic rings. The van der Waals surface area contributed by atoms with E-state index < -0.39 is 22.4 Å². The Morgan fingerprint density at radius 1 is 1.33 bits per heavy atom. The summed E-state index contributed by atoms with van der Waals surface area (Å²) in [5.74, 6) is 0. The second-order valence-corrected chi connectivity index (χ2v) is 2.65. The maximum absolute atomic E-state index is 12.3. The molecule has 7 heteroatoms. The standard InChI is InChI=1S/C8H4F3NO3/c9-8(10,11)6-2-1-5(4-13)3-7(6)12(14)15/h1-4H. The summed E-state index contributed by atoms with van der Waals surface area (Å²) in [7, 11) is 0. The third kappa shape index (κ3) is 2.30. The first-order valence-electron chi connectivity index (χ1n) is 3.67. The van der Waals surface area contributed by atoms with Crippen LogP contribution in [0.1, 0.15) is 15.9 Å². The Morgan fingerprint density at radius 3 is 2.33 bits per heavy atom. The second-order valence-electron chi connectivity index (χ2n) is 2.65. The number of alkyl halides is 3. The number of nitrogens with zero attached hydrogens (tertiary/aromatic N) is 1. The quantitative estimate of drug-likeness (QED) is 0.436. The van der Waals surface area contributed by atoms with Crippen LogP contribution in [0.5, 0.6) is 0 Å². The molecule has 0 radical (unpaired) electrons. The van der Waals surface area contributed by atoms with Gasteiger partial charge in [-0.3, -0.25) is 14.9 Å². The van der Waals surface area contributed by atoms with Gasteiger partial charge in [-0.05, 0) is 6.07 Å². The Labute approximate surface area is 81.5 Å². The van der Waals surface area contributed by atoms with Gasteiger partial charge in [0, 0.05) is 11.6 Å². The molecule has 80 valence electrons. The normalized spacial score (nSPS) is 11.1. The number of aldehydes is 1. The first-order valence-corrected chi connectivity index (χ1v) is 3.67. The van der Waals surface area contributed by atoms with Gasteiger partial charge in [-0.15, -0.1) is 0 Å². The van der Waals surface area contributed by atoms with E-state index >= 15 is 0 Å². The third-order valence-corrected chi connectivity index (χ3v) is 1.66. The molecule has 0 unspecified atom stereocenters. The number of hydrogen-bond donors (Lipinski definition) is 0. The summed E-state index contributed by atoms with van der Waals surface area (Å²) in [6.07, 6.45) is -4.56. The number of hydrogen-bond acceptors (Lipinski definition) is 3. The lowest BCUT2D eigenvalue weighted by Crippen LogP contribution is -2.09. The SMILES string of the molecule is O=Cc1ccc(C(F)(F)F)c([N+](=O)[O-])c1. The average Bonchev–Trinajstić information content (AvgIpc) is 2.15. The molecular weight excluding hydrogens is 215 g/mol. The van der Waals surface area contributed by atoms with Crippen molar-refractivity contribution in [1.82, 2.24) is 0 Å². The highest BCUT2D eigenvalue weighted by Crippen LogP contribution is 2.36. The zero-order valence-electron chi connectivity index (χ0n) is 7.12. The fourth-order valence-electron chi connectivity index (χ4n) is 1.01. The van der Waals surface area contributed by atoms with Crippen molar-refractivity contribution < 1.29 is 22.9 Å². The summed E-state index contributed by atoms with van der Waals surface area (Å²) in [5.41, 5.74) is -2.65. The molecular formula is C8H4F3NO3. The molecule has 15 heavy (non-hydrogen) atoms. The third-order valence-electron chi connectivity index (χ3n) is 1.66. The monoisotopic (exact) mass is 219 g/mol. The van der Waals surface area contributed by atoms with E-state index in [0.717, 1.165) is 6.07 Å². The molecule has 0 amide bonds. The van der Waals surface area contributed by atoms with Gasteiger partial charge in [-0.25, -0.2) is 0 Å². The van der Waals surface area contributed by atoms with E-state index in [1.54, 1.807) is 0 Å². The van der Waals surface area contributed by atoms with Crippen LogP contribution in [0.4, 0.5) is 18.9 Å². The Balaban J connectivity index is 3.40. The van der Waals surface area contributed by atoms with Gasteiger partial charge in [-0.2, -0.15) is 13.2 Å². The lowest BCUT2D eigenvalue weighted by molar-refractivity contribution is -0.388. The van der Waals surface area contributed by atoms with Gasteiger partial charge in [0.2, 0.25) is 0 Å². The van der Waals surface area contributed by atoms with Crippen LogP contribution in [0.2, 0.25) is 0 Å². The highest BCUT2D eigenvalue weighted by atomic mass is 19.4. The number of nitro benzene ring substituents is 1. The fourth-order valence-corrected chi connectivity index (χ4v) is 1.01. The average molecular weight is 219 g/mol. The first-order chi connectivity index (χ1) is 6.86. The minimum Gasteiger partial charge on any atom is -0.298 e. The molecule has 0 N–H and O–H groups in total. The van der Waals surface area contributed by atoms with Crippen LogP contribution in [0.15, 0.2) is 18.2 Å². The maximum atomic E-state index is 12.3. The molecule has 1 rings (SSSR count). The lowest BCUT2D eigenvalue weighted by atomic mass is 10.1. The van der Waals surface area contributed by atoms with Gasteiger partial charge in [0.05, 0.1) is 4.92 Å². The van der Waals surface area contributed by atoms with Crippen molar-refractivity contribution in [1.29, 1.82) is 0 Å². The fraction of sp³-hybridized carbons (Fsp3) is 0.125. The number of halogens is 3. The van der Waals surface area contributed by atoms with Crippen molar-refractivity contribution >= 4 is 12.0 Å². The Hall–Kier alpha value is -1.92. The van der Waals surface area contributed by atoms with Gasteiger partial charge in [0.25, 0.3) is 5.69 Å². The number of carbonyl (C=O) groups excluding carboxylic acids is 1. The number of benzene rings is 1. The molecule has 0 saturated heterocycles. The Bertz CT molecular complexity index is 414. The molecule has 4 nitrogen and oxygen atoms in total. The molecule has 0 bridgehead atoms. The van der Waals surface area contributed by atoms with E-state index in [1.165, 1.54) is 0 Å². The molecule has 0 heterocycles. The molecule has 0 aliphatic carbocycles.